The van der Waals surface area contributed by atoms with Crippen molar-refractivity contribution in [3.05, 3.63) is 35.1 Å². The third kappa shape index (κ3) is 6.34. The molecule has 3 heterocycles. The summed E-state index contributed by atoms with van der Waals surface area (Å²) in [4.78, 5) is 53.6. The van der Waals surface area contributed by atoms with Crippen molar-refractivity contribution < 1.29 is 52.3 Å². The fourth-order valence-corrected chi connectivity index (χ4v) is 7.53. The predicted molar refractivity (Wildman–Crippen MR) is 158 cm³/mol. The van der Waals surface area contributed by atoms with Crippen LogP contribution in [0.25, 0.3) is 0 Å². The fourth-order valence-electron chi connectivity index (χ4n) is 7.53. The number of benzene rings is 1. The number of ether oxygens (including phenoxy) is 7. The van der Waals surface area contributed by atoms with Crippen molar-refractivity contribution in [3.8, 4) is 11.5 Å². The van der Waals surface area contributed by atoms with Crippen molar-refractivity contribution in [2.24, 2.45) is 0 Å². The standard InChI is InChI=1S/C33H43NO11/c1-20(35)44-31(3,4)10-7-12-33(45-21(2)36,18-27(37)40-6)30(38)43-29-26(39-5)17-32-11-8-13-34(32)14-9-22-15-24-25(42-19-41-24)16-23(22)28(29)32/h15-17,28-29H,7-14,18-19H2,1-6H3/t28-,29-,32+,33-/m1/s1. The van der Waals surface area contributed by atoms with E-state index in [1.165, 1.54) is 21.0 Å². The molecule has 1 spiro atoms. The average Bonchev–Trinajstić information content (AvgIpc) is 3.65. The lowest BCUT2D eigenvalue weighted by molar-refractivity contribution is -0.191. The smallest absolute Gasteiger partial charge is 0.351 e. The molecule has 1 aliphatic carbocycles. The number of carbonyl (C=O) groups is 4. The van der Waals surface area contributed by atoms with Crippen LogP contribution in [0.1, 0.15) is 83.3 Å². The Bertz CT molecular complexity index is 1390. The minimum Gasteiger partial charge on any atom is -0.497 e. The summed E-state index contributed by atoms with van der Waals surface area (Å²) in [5, 5.41) is 0. The highest BCUT2D eigenvalue weighted by molar-refractivity contribution is 5.88. The first-order valence-corrected chi connectivity index (χ1v) is 15.4. The van der Waals surface area contributed by atoms with Crippen LogP contribution in [0.4, 0.5) is 0 Å². The van der Waals surface area contributed by atoms with Gasteiger partial charge in [0.2, 0.25) is 12.4 Å². The van der Waals surface area contributed by atoms with Crippen LogP contribution in [0.15, 0.2) is 24.0 Å². The number of fused-ring (bicyclic) bond motifs is 3. The molecule has 0 radical (unpaired) electrons. The first-order valence-electron chi connectivity index (χ1n) is 15.4. The number of hydrogen-bond donors (Lipinski definition) is 0. The second-order valence-corrected chi connectivity index (χ2v) is 12.8. The van der Waals surface area contributed by atoms with Gasteiger partial charge in [0.1, 0.15) is 11.4 Å². The minimum atomic E-state index is -1.99. The van der Waals surface area contributed by atoms with Crippen LogP contribution in [0.3, 0.4) is 0 Å². The van der Waals surface area contributed by atoms with Gasteiger partial charge in [0.05, 0.1) is 32.1 Å². The molecular weight excluding hydrogens is 586 g/mol. The number of rotatable bonds is 11. The molecule has 12 nitrogen and oxygen atoms in total. The largest absolute Gasteiger partial charge is 0.497 e. The molecule has 45 heavy (non-hydrogen) atoms. The van der Waals surface area contributed by atoms with Gasteiger partial charge in [-0.1, -0.05) is 0 Å². The fraction of sp³-hybridized carbons (Fsp3) is 0.636. The van der Waals surface area contributed by atoms with E-state index in [1.54, 1.807) is 21.0 Å². The van der Waals surface area contributed by atoms with Crippen LogP contribution >= 0.6 is 0 Å². The van der Waals surface area contributed by atoms with E-state index in [4.69, 9.17) is 33.2 Å². The van der Waals surface area contributed by atoms with Crippen LogP contribution in [-0.2, 0) is 49.3 Å². The maximum atomic E-state index is 14.4. The van der Waals surface area contributed by atoms with E-state index >= 15 is 0 Å². The maximum absolute atomic E-state index is 14.4. The highest BCUT2D eigenvalue weighted by atomic mass is 16.7. The van der Waals surface area contributed by atoms with Gasteiger partial charge in [0, 0.05) is 20.4 Å². The molecular formula is C33H43NO11. The van der Waals surface area contributed by atoms with Crippen molar-refractivity contribution in [3.63, 3.8) is 0 Å². The van der Waals surface area contributed by atoms with Gasteiger partial charge in [-0.05, 0) is 88.3 Å². The molecule has 0 saturated carbocycles. The second kappa shape index (κ2) is 12.5. The molecule has 0 unspecified atom stereocenters. The summed E-state index contributed by atoms with van der Waals surface area (Å²) in [5.41, 5.74) is -1.28. The Morgan fingerprint density at radius 3 is 2.38 bits per heavy atom. The molecule has 1 fully saturated rings. The lowest BCUT2D eigenvalue weighted by atomic mass is 9.77. The summed E-state index contributed by atoms with van der Waals surface area (Å²) < 4.78 is 39.7. The van der Waals surface area contributed by atoms with Crippen molar-refractivity contribution >= 4 is 23.9 Å². The quantitative estimate of drug-likeness (QED) is 0.261. The summed E-state index contributed by atoms with van der Waals surface area (Å²) >= 11 is 0. The highest BCUT2D eigenvalue weighted by Gasteiger charge is 2.59. The van der Waals surface area contributed by atoms with Crippen molar-refractivity contribution in [1.82, 2.24) is 4.90 Å². The van der Waals surface area contributed by atoms with Gasteiger partial charge in [0.15, 0.2) is 17.6 Å². The SMILES string of the molecule is COC(=O)C[C@@](CCCC(C)(C)OC(C)=O)(OC(C)=O)C(=O)O[C@@H]1C(OC)=C[C@]23CCCN2CCc2cc4c(cc2[C@H]13)OCO4. The zero-order valence-corrected chi connectivity index (χ0v) is 26.9. The van der Waals surface area contributed by atoms with E-state index < -0.39 is 53.1 Å². The summed E-state index contributed by atoms with van der Waals surface area (Å²) in [6.07, 6.45) is 3.73. The van der Waals surface area contributed by atoms with Crippen molar-refractivity contribution in [2.45, 2.75) is 101 Å². The summed E-state index contributed by atoms with van der Waals surface area (Å²) in [7, 11) is 2.74. The Kier molecular flexibility index (Phi) is 9.08. The molecule has 0 N–H and O–H groups in total. The Morgan fingerprint density at radius 2 is 1.71 bits per heavy atom. The van der Waals surface area contributed by atoms with Gasteiger partial charge in [-0.15, -0.1) is 0 Å². The van der Waals surface area contributed by atoms with Gasteiger partial charge >= 0.3 is 23.9 Å². The number of esters is 4. The highest BCUT2D eigenvalue weighted by Crippen LogP contribution is 2.56. The van der Waals surface area contributed by atoms with Crippen LogP contribution < -0.4 is 9.47 Å². The van der Waals surface area contributed by atoms with Gasteiger partial charge < -0.3 is 33.2 Å². The van der Waals surface area contributed by atoms with E-state index in [2.05, 4.69) is 11.0 Å². The molecule has 0 amide bonds. The molecule has 0 bridgehead atoms. The average molecular weight is 630 g/mol. The Morgan fingerprint density at radius 1 is 1.00 bits per heavy atom. The molecule has 246 valence electrons. The van der Waals surface area contributed by atoms with E-state index in [0.29, 0.717) is 23.7 Å². The molecule has 4 aliphatic rings. The number of methoxy groups -OCH3 is 2. The van der Waals surface area contributed by atoms with Crippen LogP contribution in [-0.4, -0.2) is 85.7 Å². The van der Waals surface area contributed by atoms with Crippen molar-refractivity contribution in [1.29, 1.82) is 0 Å². The van der Waals surface area contributed by atoms with Gasteiger partial charge in [-0.25, -0.2) is 4.79 Å². The zero-order valence-electron chi connectivity index (χ0n) is 26.9. The van der Waals surface area contributed by atoms with Gasteiger partial charge in [-0.3, -0.25) is 19.3 Å². The molecule has 1 aromatic rings. The molecule has 4 atom stereocenters. The molecule has 5 rings (SSSR count). The lowest BCUT2D eigenvalue weighted by Gasteiger charge is -2.40. The van der Waals surface area contributed by atoms with Gasteiger partial charge in [0.25, 0.3) is 0 Å². The third-order valence-corrected chi connectivity index (χ3v) is 9.35. The molecule has 1 saturated heterocycles. The van der Waals surface area contributed by atoms with E-state index in [1.807, 2.05) is 12.1 Å². The Balaban J connectivity index is 1.52. The van der Waals surface area contributed by atoms with E-state index in [0.717, 1.165) is 43.5 Å². The first-order chi connectivity index (χ1) is 21.3. The number of hydrogen-bond acceptors (Lipinski definition) is 12. The monoisotopic (exact) mass is 629 g/mol. The minimum absolute atomic E-state index is 0.0683. The molecule has 1 aromatic carbocycles. The third-order valence-electron chi connectivity index (χ3n) is 9.35. The Labute approximate surface area is 263 Å². The Hall–Kier alpha value is -3.80. The topological polar surface area (TPSA) is 136 Å². The van der Waals surface area contributed by atoms with Crippen LogP contribution in [0.5, 0.6) is 11.5 Å². The maximum Gasteiger partial charge on any atom is 0.351 e. The molecule has 12 heteroatoms. The predicted octanol–water partition coefficient (Wildman–Crippen LogP) is 3.72. The normalized spacial score (nSPS) is 24.6. The lowest BCUT2D eigenvalue weighted by Crippen LogP contribution is -2.51. The van der Waals surface area contributed by atoms with Crippen LogP contribution in [0, 0.1) is 0 Å². The molecule has 3 aliphatic heterocycles. The van der Waals surface area contributed by atoms with E-state index in [9.17, 15) is 19.2 Å². The van der Waals surface area contributed by atoms with Crippen LogP contribution in [0.2, 0.25) is 0 Å². The summed E-state index contributed by atoms with van der Waals surface area (Å²) in [6.45, 7) is 7.80. The first kappa shape index (κ1) is 32.6. The zero-order chi connectivity index (χ0) is 32.6. The summed E-state index contributed by atoms with van der Waals surface area (Å²) in [5.74, 6) is -1.39. The number of carbonyl (C=O) groups excluding carboxylic acids is 4. The van der Waals surface area contributed by atoms with Crippen molar-refractivity contribution in [2.75, 3.05) is 34.1 Å². The summed E-state index contributed by atoms with van der Waals surface area (Å²) in [6, 6.07) is 3.98. The second-order valence-electron chi connectivity index (χ2n) is 12.8. The molecule has 0 aromatic heterocycles. The van der Waals surface area contributed by atoms with E-state index in [-0.39, 0.29) is 25.6 Å². The van der Waals surface area contributed by atoms with Gasteiger partial charge in [-0.2, -0.15) is 0 Å². The number of nitrogens with zero attached hydrogens (tertiary/aromatic N) is 1.